The van der Waals surface area contributed by atoms with Crippen molar-refractivity contribution in [1.82, 2.24) is 0 Å². The summed E-state index contributed by atoms with van der Waals surface area (Å²) in [6.45, 7) is 10.3. The second-order valence-electron chi connectivity index (χ2n) is 11.5. The van der Waals surface area contributed by atoms with E-state index in [-0.39, 0.29) is 0 Å². The summed E-state index contributed by atoms with van der Waals surface area (Å²) in [5.41, 5.74) is 2.69. The molecule has 0 aliphatic heterocycles. The molecule has 0 amide bonds. The quantitative estimate of drug-likeness (QED) is 0.515. The minimum Gasteiger partial charge on any atom is -0.396 e. The lowest BCUT2D eigenvalue weighted by atomic mass is 9.48. The molecule has 0 aromatic carbocycles. The van der Waals surface area contributed by atoms with Crippen LogP contribution in [0.4, 0.5) is 0 Å². The van der Waals surface area contributed by atoms with Gasteiger partial charge in [0.05, 0.1) is 0 Å². The van der Waals surface area contributed by atoms with Gasteiger partial charge in [-0.1, -0.05) is 58.8 Å². The summed E-state index contributed by atoms with van der Waals surface area (Å²) in [4.78, 5) is 0. The molecule has 0 bridgehead atoms. The number of hydrogen-bond acceptors (Lipinski definition) is 1. The third-order valence-electron chi connectivity index (χ3n) is 10.0. The molecule has 8 atom stereocenters. The van der Waals surface area contributed by atoms with Crippen LogP contribution in [0.3, 0.4) is 0 Å². The number of aliphatic hydroxyl groups is 1. The molecule has 2 saturated carbocycles. The molecule has 0 aromatic rings. The summed E-state index contributed by atoms with van der Waals surface area (Å²) in [5, 5.41) is 9.31. The van der Waals surface area contributed by atoms with Crippen LogP contribution in [0.5, 0.6) is 0 Å². The maximum Gasteiger partial charge on any atom is 0.0456 e. The Morgan fingerprint density at radius 1 is 1.07 bits per heavy atom. The van der Waals surface area contributed by atoms with Gasteiger partial charge < -0.3 is 5.11 Å². The van der Waals surface area contributed by atoms with E-state index >= 15 is 0 Å². The summed E-state index contributed by atoms with van der Waals surface area (Å²) in [6.07, 6.45) is 21.5. The minimum absolute atomic E-state index is 0.349. The molecule has 0 radical (unpaired) electrons. The summed E-state index contributed by atoms with van der Waals surface area (Å²) in [6, 6.07) is 0. The topological polar surface area (TPSA) is 20.2 Å². The van der Waals surface area contributed by atoms with E-state index < -0.39 is 0 Å². The van der Waals surface area contributed by atoms with Gasteiger partial charge in [0.25, 0.3) is 0 Å². The normalized spacial score (nSPS) is 44.2. The van der Waals surface area contributed by atoms with Crippen LogP contribution in [-0.2, 0) is 0 Å². The van der Waals surface area contributed by atoms with Crippen LogP contribution in [0, 0.1) is 46.3 Å². The fraction of sp³-hybridized carbons (Fsp3) is 0.852. The van der Waals surface area contributed by atoms with Crippen LogP contribution in [0.2, 0.25) is 0 Å². The van der Waals surface area contributed by atoms with Gasteiger partial charge in [0.1, 0.15) is 0 Å². The Morgan fingerprint density at radius 3 is 2.68 bits per heavy atom. The predicted octanol–water partition coefficient (Wildman–Crippen LogP) is 7.17. The second-order valence-corrected chi connectivity index (χ2v) is 11.5. The molecule has 4 aliphatic rings. The molecule has 1 heteroatoms. The first kappa shape index (κ1) is 20.7. The smallest absolute Gasteiger partial charge is 0.0456 e. The van der Waals surface area contributed by atoms with Crippen molar-refractivity contribution >= 4 is 0 Å². The lowest BCUT2D eigenvalue weighted by molar-refractivity contribution is -0.0264. The minimum atomic E-state index is 0.349. The average molecular weight is 385 g/mol. The summed E-state index contributed by atoms with van der Waals surface area (Å²) < 4.78 is 0. The zero-order valence-electron chi connectivity index (χ0n) is 18.9. The van der Waals surface area contributed by atoms with Crippen molar-refractivity contribution in [2.45, 2.75) is 91.9 Å². The van der Waals surface area contributed by atoms with Crippen LogP contribution >= 0.6 is 0 Å². The number of aliphatic hydroxyl groups excluding tert-OH is 1. The molecular formula is C27H44O. The zero-order chi connectivity index (χ0) is 19.9. The Kier molecular flexibility index (Phi) is 5.87. The van der Waals surface area contributed by atoms with Crippen molar-refractivity contribution in [2.75, 3.05) is 6.61 Å². The van der Waals surface area contributed by atoms with Gasteiger partial charge in [-0.25, -0.2) is 0 Å². The van der Waals surface area contributed by atoms with E-state index in [1.54, 1.807) is 5.57 Å². The molecule has 4 aliphatic carbocycles. The highest BCUT2D eigenvalue weighted by Crippen LogP contribution is 2.66. The van der Waals surface area contributed by atoms with E-state index in [1.807, 2.05) is 0 Å². The molecule has 1 N–H and O–H groups in total. The summed E-state index contributed by atoms with van der Waals surface area (Å²) >= 11 is 0. The number of hydrogen-bond donors (Lipinski definition) is 1. The molecule has 0 spiro atoms. The Bertz CT molecular complexity index is 618. The van der Waals surface area contributed by atoms with Crippen molar-refractivity contribution in [1.29, 1.82) is 0 Å². The molecule has 1 nitrogen and oxygen atoms in total. The van der Waals surface area contributed by atoms with E-state index in [0.717, 1.165) is 29.6 Å². The highest BCUT2D eigenvalue weighted by atomic mass is 16.3. The van der Waals surface area contributed by atoms with Crippen molar-refractivity contribution in [3.05, 3.63) is 23.8 Å². The average Bonchev–Trinajstić information content (AvgIpc) is 3.04. The molecule has 2 fully saturated rings. The highest BCUT2D eigenvalue weighted by Gasteiger charge is 2.58. The number of rotatable bonds is 6. The van der Waals surface area contributed by atoms with E-state index in [2.05, 4.69) is 45.9 Å². The van der Waals surface area contributed by atoms with E-state index in [0.29, 0.717) is 23.4 Å². The maximum atomic E-state index is 9.31. The third kappa shape index (κ3) is 3.34. The fourth-order valence-electron chi connectivity index (χ4n) is 8.24. The Hall–Kier alpha value is -0.560. The fourth-order valence-corrected chi connectivity index (χ4v) is 8.24. The van der Waals surface area contributed by atoms with Gasteiger partial charge in [0.15, 0.2) is 0 Å². The maximum absolute atomic E-state index is 9.31. The van der Waals surface area contributed by atoms with E-state index in [1.165, 1.54) is 64.2 Å². The molecule has 0 aromatic heterocycles. The monoisotopic (exact) mass is 384 g/mol. The van der Waals surface area contributed by atoms with Crippen LogP contribution in [-0.4, -0.2) is 11.7 Å². The van der Waals surface area contributed by atoms with Gasteiger partial charge in [0.2, 0.25) is 0 Å². The Balaban J connectivity index is 1.48. The van der Waals surface area contributed by atoms with Crippen LogP contribution < -0.4 is 0 Å². The molecule has 1 unspecified atom stereocenters. The summed E-state index contributed by atoms with van der Waals surface area (Å²) in [7, 11) is 0. The van der Waals surface area contributed by atoms with E-state index in [4.69, 9.17) is 0 Å². The van der Waals surface area contributed by atoms with Crippen molar-refractivity contribution in [3.63, 3.8) is 0 Å². The molecule has 4 rings (SSSR count). The zero-order valence-corrected chi connectivity index (χ0v) is 18.9. The standard InChI is InChI=1S/C27H44O/c1-19(18-28)8-7-9-20(2)23-13-14-24-22-12-11-21-10-5-6-16-26(21,3)25(22)15-17-27(23,24)4/h10-12,19-20,22-25,28H,5-9,13-18H2,1-4H3/t19?,20-,22+,23-,24+,25+,26+,27-/m1/s1. The molecule has 28 heavy (non-hydrogen) atoms. The van der Waals surface area contributed by atoms with Crippen molar-refractivity contribution in [2.24, 2.45) is 46.3 Å². The first-order valence-corrected chi connectivity index (χ1v) is 12.4. The first-order chi connectivity index (χ1) is 13.4. The van der Waals surface area contributed by atoms with Crippen LogP contribution in [0.1, 0.15) is 91.9 Å². The van der Waals surface area contributed by atoms with Crippen LogP contribution in [0.25, 0.3) is 0 Å². The number of allylic oxidation sites excluding steroid dienone is 4. The predicted molar refractivity (Wildman–Crippen MR) is 119 cm³/mol. The molecule has 158 valence electrons. The van der Waals surface area contributed by atoms with Crippen molar-refractivity contribution < 1.29 is 5.11 Å². The highest BCUT2D eigenvalue weighted by molar-refractivity contribution is 5.35. The van der Waals surface area contributed by atoms with E-state index in [9.17, 15) is 5.11 Å². The second kappa shape index (κ2) is 7.93. The van der Waals surface area contributed by atoms with Gasteiger partial charge in [-0.2, -0.15) is 0 Å². The van der Waals surface area contributed by atoms with Gasteiger partial charge in [-0.3, -0.25) is 0 Å². The van der Waals surface area contributed by atoms with Gasteiger partial charge in [0, 0.05) is 6.61 Å². The lowest BCUT2D eigenvalue weighted by Crippen LogP contribution is -2.49. The van der Waals surface area contributed by atoms with Gasteiger partial charge in [-0.05, 0) is 103 Å². The molecular weight excluding hydrogens is 340 g/mol. The largest absolute Gasteiger partial charge is 0.396 e. The number of fused-ring (bicyclic) bond motifs is 5. The Labute approximate surface area is 174 Å². The first-order valence-electron chi connectivity index (χ1n) is 12.4. The lowest BCUT2D eigenvalue weighted by Gasteiger charge is -2.56. The SMILES string of the molecule is CC(CO)CCC[C@@H](C)[C@H]1CC[C@H]2[C@@H]3C=CC4=CCCC[C@]4(C)[C@H]3CC[C@]12C. The molecule has 0 saturated heterocycles. The van der Waals surface area contributed by atoms with Crippen molar-refractivity contribution in [3.8, 4) is 0 Å². The molecule has 0 heterocycles. The summed E-state index contributed by atoms with van der Waals surface area (Å²) in [5.74, 6) is 4.84. The Morgan fingerprint density at radius 2 is 1.89 bits per heavy atom. The van der Waals surface area contributed by atoms with Gasteiger partial charge in [-0.15, -0.1) is 0 Å². The van der Waals surface area contributed by atoms with Crippen LogP contribution in [0.15, 0.2) is 23.8 Å². The van der Waals surface area contributed by atoms with Gasteiger partial charge >= 0.3 is 0 Å². The third-order valence-corrected chi connectivity index (χ3v) is 10.0.